The number of rotatable bonds is 7. The molecule has 0 aliphatic carbocycles. The van der Waals surface area contributed by atoms with Crippen LogP contribution in [-0.4, -0.2) is 18.7 Å². The van der Waals surface area contributed by atoms with Crippen LogP contribution >= 0.6 is 0 Å². The average molecular weight is 319 g/mol. The van der Waals surface area contributed by atoms with Gasteiger partial charge in [0.05, 0.1) is 12.3 Å². The summed E-state index contributed by atoms with van der Waals surface area (Å²) in [6.45, 7) is 0.479. The van der Waals surface area contributed by atoms with Crippen LogP contribution in [0.25, 0.3) is 6.08 Å². The van der Waals surface area contributed by atoms with Gasteiger partial charge in [0.15, 0.2) is 0 Å². The van der Waals surface area contributed by atoms with Gasteiger partial charge in [-0.3, -0.25) is 4.79 Å². The Labute approximate surface area is 140 Å². The zero-order chi connectivity index (χ0) is 17.0. The molecule has 2 aromatic carbocycles. The van der Waals surface area contributed by atoms with Gasteiger partial charge in [-0.05, 0) is 41.5 Å². The minimum absolute atomic E-state index is 0.208. The zero-order valence-corrected chi connectivity index (χ0v) is 13.1. The summed E-state index contributed by atoms with van der Waals surface area (Å²) in [5.74, 6) is 0.317. The fourth-order valence-electron chi connectivity index (χ4n) is 1.83. The van der Waals surface area contributed by atoms with Crippen molar-refractivity contribution in [1.29, 1.82) is 5.26 Å². The number of nitrogens with zero attached hydrogens (tertiary/aromatic N) is 2. The van der Waals surface area contributed by atoms with E-state index in [2.05, 4.69) is 10.5 Å². The first-order valence-corrected chi connectivity index (χ1v) is 7.41. The van der Waals surface area contributed by atoms with Gasteiger partial charge in [0.2, 0.25) is 0 Å². The molecule has 0 aliphatic heterocycles. The van der Waals surface area contributed by atoms with Gasteiger partial charge in [-0.25, -0.2) is 5.43 Å². The highest BCUT2D eigenvalue weighted by Gasteiger charge is 1.96. The van der Waals surface area contributed by atoms with Gasteiger partial charge in [-0.15, -0.1) is 0 Å². The topological polar surface area (TPSA) is 74.5 Å². The van der Waals surface area contributed by atoms with Crippen LogP contribution in [0.3, 0.4) is 0 Å². The normalized spacial score (nSPS) is 10.6. The largest absolute Gasteiger partial charge is 0.490 e. The second-order valence-corrected chi connectivity index (χ2v) is 4.82. The van der Waals surface area contributed by atoms with E-state index in [1.807, 2.05) is 66.7 Å². The van der Waals surface area contributed by atoms with Crippen LogP contribution in [0.1, 0.15) is 17.5 Å². The molecule has 1 N–H and O–H groups in total. The lowest BCUT2D eigenvalue weighted by Crippen LogP contribution is -2.16. The number of hydrogen-bond acceptors (Lipinski definition) is 4. The van der Waals surface area contributed by atoms with Crippen LogP contribution < -0.4 is 10.2 Å². The van der Waals surface area contributed by atoms with E-state index in [0.717, 1.165) is 16.9 Å². The number of hydrazone groups is 1. The van der Waals surface area contributed by atoms with Crippen LogP contribution in [0.4, 0.5) is 0 Å². The molecule has 5 nitrogen and oxygen atoms in total. The maximum Gasteiger partial charge on any atom is 0.254 e. The fraction of sp³-hybridized carbons (Fsp3) is 0.105. The predicted molar refractivity (Wildman–Crippen MR) is 93.4 cm³/mol. The van der Waals surface area contributed by atoms with Crippen molar-refractivity contribution in [1.82, 2.24) is 5.43 Å². The summed E-state index contributed by atoms with van der Waals surface area (Å²) in [5, 5.41) is 12.1. The Balaban J connectivity index is 1.78. The maximum atomic E-state index is 11.1. The summed E-state index contributed by atoms with van der Waals surface area (Å²) in [7, 11) is 0. The number of amides is 1. The van der Waals surface area contributed by atoms with Crippen molar-refractivity contribution in [2.75, 3.05) is 6.61 Å². The molecule has 0 saturated carbocycles. The number of ether oxygens (including phenoxy) is 1. The van der Waals surface area contributed by atoms with E-state index in [1.165, 1.54) is 6.21 Å². The lowest BCUT2D eigenvalue weighted by atomic mass is 10.2. The van der Waals surface area contributed by atoms with Crippen LogP contribution in [0, 0.1) is 11.3 Å². The SMILES string of the molecule is N#CCC(=O)N/N=C/c1ccc(OC/C=C/c2ccccc2)cc1. The molecule has 0 spiro atoms. The van der Waals surface area contributed by atoms with E-state index in [-0.39, 0.29) is 6.42 Å². The smallest absolute Gasteiger partial charge is 0.254 e. The molecule has 120 valence electrons. The molecule has 0 radical (unpaired) electrons. The molecule has 0 bridgehead atoms. The first kappa shape index (κ1) is 17.0. The van der Waals surface area contributed by atoms with Gasteiger partial charge in [-0.1, -0.05) is 36.4 Å². The molecule has 2 rings (SSSR count). The summed E-state index contributed by atoms with van der Waals surface area (Å²) in [4.78, 5) is 11.1. The maximum absolute atomic E-state index is 11.1. The van der Waals surface area contributed by atoms with Crippen molar-refractivity contribution < 1.29 is 9.53 Å². The first-order valence-electron chi connectivity index (χ1n) is 7.41. The third-order valence-corrected chi connectivity index (χ3v) is 2.98. The van der Waals surface area contributed by atoms with E-state index >= 15 is 0 Å². The van der Waals surface area contributed by atoms with Gasteiger partial charge in [0.25, 0.3) is 5.91 Å². The van der Waals surface area contributed by atoms with Crippen molar-refractivity contribution in [3.63, 3.8) is 0 Å². The number of benzene rings is 2. The molecule has 2 aromatic rings. The zero-order valence-electron chi connectivity index (χ0n) is 13.1. The minimum Gasteiger partial charge on any atom is -0.490 e. The Bertz CT molecular complexity index is 744. The summed E-state index contributed by atoms with van der Waals surface area (Å²) < 4.78 is 5.62. The number of carbonyl (C=O) groups is 1. The summed E-state index contributed by atoms with van der Waals surface area (Å²) >= 11 is 0. The molecular formula is C19H17N3O2. The molecule has 0 aromatic heterocycles. The van der Waals surface area contributed by atoms with E-state index < -0.39 is 5.91 Å². The molecular weight excluding hydrogens is 302 g/mol. The number of carbonyl (C=O) groups excluding carboxylic acids is 1. The van der Waals surface area contributed by atoms with E-state index in [4.69, 9.17) is 10.00 Å². The molecule has 0 aliphatic rings. The van der Waals surface area contributed by atoms with Crippen molar-refractivity contribution in [2.24, 2.45) is 5.10 Å². The predicted octanol–water partition coefficient (Wildman–Crippen LogP) is 3.14. The van der Waals surface area contributed by atoms with Gasteiger partial charge in [0, 0.05) is 0 Å². The fourth-order valence-corrected chi connectivity index (χ4v) is 1.83. The Kier molecular flexibility index (Phi) is 6.78. The van der Waals surface area contributed by atoms with Crippen molar-refractivity contribution in [3.8, 4) is 11.8 Å². The molecule has 0 heterocycles. The average Bonchev–Trinajstić information content (AvgIpc) is 2.61. The Morgan fingerprint density at radius 2 is 1.88 bits per heavy atom. The van der Waals surface area contributed by atoms with Crippen LogP contribution in [-0.2, 0) is 4.79 Å². The molecule has 0 unspecified atom stereocenters. The van der Waals surface area contributed by atoms with E-state index in [1.54, 1.807) is 6.07 Å². The van der Waals surface area contributed by atoms with Crippen molar-refractivity contribution >= 4 is 18.2 Å². The number of nitriles is 1. The summed E-state index contributed by atoms with van der Waals surface area (Å²) in [5.41, 5.74) is 4.22. The van der Waals surface area contributed by atoms with Gasteiger partial charge in [0.1, 0.15) is 18.8 Å². The summed E-state index contributed by atoms with van der Waals surface area (Å²) in [6.07, 6.45) is 5.26. The van der Waals surface area contributed by atoms with E-state index in [9.17, 15) is 4.79 Å². The molecule has 24 heavy (non-hydrogen) atoms. The third kappa shape index (κ3) is 6.16. The molecule has 0 saturated heterocycles. The Hall–Kier alpha value is -3.39. The highest BCUT2D eigenvalue weighted by Crippen LogP contribution is 2.11. The molecule has 0 atom stereocenters. The third-order valence-electron chi connectivity index (χ3n) is 2.98. The quantitative estimate of drug-likeness (QED) is 0.629. The monoisotopic (exact) mass is 319 g/mol. The van der Waals surface area contributed by atoms with Crippen molar-refractivity contribution in [3.05, 3.63) is 71.8 Å². The lowest BCUT2D eigenvalue weighted by molar-refractivity contribution is -0.120. The molecule has 1 amide bonds. The van der Waals surface area contributed by atoms with Gasteiger partial charge >= 0.3 is 0 Å². The van der Waals surface area contributed by atoms with E-state index in [0.29, 0.717) is 6.61 Å². The second-order valence-electron chi connectivity index (χ2n) is 4.82. The highest BCUT2D eigenvalue weighted by molar-refractivity contribution is 5.83. The second kappa shape index (κ2) is 9.59. The Morgan fingerprint density at radius 3 is 2.58 bits per heavy atom. The Morgan fingerprint density at radius 1 is 1.12 bits per heavy atom. The number of hydrogen-bond donors (Lipinski definition) is 1. The van der Waals surface area contributed by atoms with Gasteiger partial charge in [-0.2, -0.15) is 10.4 Å². The molecule has 0 fully saturated rings. The van der Waals surface area contributed by atoms with Crippen molar-refractivity contribution in [2.45, 2.75) is 6.42 Å². The van der Waals surface area contributed by atoms with Gasteiger partial charge < -0.3 is 4.74 Å². The molecule has 5 heteroatoms. The summed E-state index contributed by atoms with van der Waals surface area (Å²) in [6, 6.07) is 19.1. The first-order chi connectivity index (χ1) is 11.8. The lowest BCUT2D eigenvalue weighted by Gasteiger charge is -2.03. The minimum atomic E-state index is -0.432. The van der Waals surface area contributed by atoms with Crippen LogP contribution in [0.2, 0.25) is 0 Å². The number of nitrogens with one attached hydrogen (secondary N) is 1. The highest BCUT2D eigenvalue weighted by atomic mass is 16.5. The van der Waals surface area contributed by atoms with Crippen LogP contribution in [0.15, 0.2) is 65.8 Å². The standard InChI is InChI=1S/C19H17N3O2/c20-13-12-19(23)22-21-15-17-8-10-18(11-9-17)24-14-4-7-16-5-2-1-3-6-16/h1-11,15H,12,14H2,(H,22,23)/b7-4+,21-15+. The van der Waals surface area contributed by atoms with Crippen LogP contribution in [0.5, 0.6) is 5.75 Å².